The smallest absolute Gasteiger partial charge is 0.238 e. The molecule has 3 rings (SSSR count). The Balaban J connectivity index is 1.53. The molecule has 1 amide bonds. The summed E-state index contributed by atoms with van der Waals surface area (Å²) in [6, 6.07) is 11.5. The monoisotopic (exact) mass is 367 g/mol. The number of nitrogens with one attached hydrogen (secondary N) is 1. The van der Waals surface area contributed by atoms with E-state index in [0.717, 1.165) is 63.6 Å². The van der Waals surface area contributed by atoms with Gasteiger partial charge in [0, 0.05) is 11.5 Å². The highest BCUT2D eigenvalue weighted by Crippen LogP contribution is 2.28. The van der Waals surface area contributed by atoms with Gasteiger partial charge in [0.1, 0.15) is 5.54 Å². The number of hydrogen-bond acceptors (Lipinski definition) is 4. The quantitative estimate of drug-likeness (QED) is 0.810. The maximum absolute atomic E-state index is 12.7. The molecule has 0 spiro atoms. The number of carbonyl (C=O) groups is 2. The van der Waals surface area contributed by atoms with Gasteiger partial charge in [-0.1, -0.05) is 49.6 Å². The number of ketones is 1. The Bertz CT molecular complexity index is 696. The van der Waals surface area contributed by atoms with Crippen LogP contribution in [-0.4, -0.2) is 41.3 Å². The van der Waals surface area contributed by atoms with E-state index in [-0.39, 0.29) is 23.7 Å². The Kier molecular flexibility index (Phi) is 6.28. The number of rotatable bonds is 5. The molecule has 1 aliphatic heterocycles. The summed E-state index contributed by atoms with van der Waals surface area (Å²) in [5.41, 5.74) is 0.0839. The van der Waals surface area contributed by atoms with Crippen molar-refractivity contribution < 1.29 is 9.59 Å². The van der Waals surface area contributed by atoms with Crippen molar-refractivity contribution in [3.63, 3.8) is 0 Å². The summed E-state index contributed by atoms with van der Waals surface area (Å²) < 4.78 is 0. The van der Waals surface area contributed by atoms with Crippen molar-refractivity contribution in [3.05, 3.63) is 35.9 Å². The third-order valence-corrected chi connectivity index (χ3v) is 6.17. The third-order valence-electron chi connectivity index (χ3n) is 6.17. The van der Waals surface area contributed by atoms with Crippen LogP contribution in [0.5, 0.6) is 0 Å². The molecular formula is C22H29N3O2. The van der Waals surface area contributed by atoms with E-state index in [9.17, 15) is 14.9 Å². The van der Waals surface area contributed by atoms with Gasteiger partial charge in [-0.3, -0.25) is 14.5 Å². The first-order valence-corrected chi connectivity index (χ1v) is 10.1. The second kappa shape index (κ2) is 8.67. The minimum absolute atomic E-state index is 0.0303. The number of Topliss-reactive ketones (excluding diaryl/α,β-unsaturated/α-hetero) is 1. The van der Waals surface area contributed by atoms with Gasteiger partial charge in [-0.05, 0) is 45.7 Å². The highest BCUT2D eigenvalue weighted by atomic mass is 16.2. The molecule has 0 aromatic heterocycles. The Labute approximate surface area is 161 Å². The Morgan fingerprint density at radius 1 is 1.15 bits per heavy atom. The number of piperidine rings is 1. The van der Waals surface area contributed by atoms with Gasteiger partial charge in [0.15, 0.2) is 5.78 Å². The summed E-state index contributed by atoms with van der Waals surface area (Å²) in [6.45, 7) is 3.37. The Morgan fingerprint density at radius 3 is 2.37 bits per heavy atom. The first-order chi connectivity index (χ1) is 13.0. The number of carbonyl (C=O) groups excluding carboxylic acids is 2. The van der Waals surface area contributed by atoms with Gasteiger partial charge in [0.2, 0.25) is 5.91 Å². The number of amides is 1. The zero-order chi connectivity index (χ0) is 19.3. The maximum Gasteiger partial charge on any atom is 0.238 e. The second-order valence-electron chi connectivity index (χ2n) is 7.96. The average Bonchev–Trinajstić information content (AvgIpc) is 2.74. The van der Waals surface area contributed by atoms with Crippen LogP contribution in [-0.2, 0) is 4.79 Å². The molecule has 144 valence electrons. The molecule has 5 nitrogen and oxygen atoms in total. The summed E-state index contributed by atoms with van der Waals surface area (Å²) in [6.07, 6.45) is 6.16. The fourth-order valence-electron chi connectivity index (χ4n) is 4.31. The summed E-state index contributed by atoms with van der Waals surface area (Å²) in [5, 5.41) is 12.6. The van der Waals surface area contributed by atoms with Crippen molar-refractivity contribution >= 4 is 11.7 Å². The maximum atomic E-state index is 12.7. The number of nitrogens with zero attached hydrogens (tertiary/aromatic N) is 2. The molecule has 1 N–H and O–H groups in total. The molecule has 5 heteroatoms. The van der Waals surface area contributed by atoms with Crippen LogP contribution in [0, 0.1) is 17.2 Å². The minimum Gasteiger partial charge on any atom is -0.336 e. The number of benzene rings is 1. The van der Waals surface area contributed by atoms with Gasteiger partial charge in [-0.15, -0.1) is 0 Å². The highest BCUT2D eigenvalue weighted by Gasteiger charge is 2.37. The van der Waals surface area contributed by atoms with E-state index in [1.54, 1.807) is 0 Å². The van der Waals surface area contributed by atoms with Gasteiger partial charge in [-0.2, -0.15) is 5.26 Å². The molecule has 1 aromatic carbocycles. The van der Waals surface area contributed by atoms with E-state index >= 15 is 0 Å². The Hall–Kier alpha value is -2.19. The third kappa shape index (κ3) is 4.56. The van der Waals surface area contributed by atoms with E-state index < -0.39 is 5.54 Å². The normalized spacial score (nSPS) is 21.8. The molecule has 1 unspecified atom stereocenters. The second-order valence-corrected chi connectivity index (χ2v) is 7.96. The van der Waals surface area contributed by atoms with Gasteiger partial charge >= 0.3 is 0 Å². The van der Waals surface area contributed by atoms with Crippen LogP contribution in [0.1, 0.15) is 62.2 Å². The SMILES string of the molecule is CC(C(=O)NC1(C#N)CCCCC1)N1CCC(C(=O)c2ccccc2)CC1. The van der Waals surface area contributed by atoms with Gasteiger partial charge in [0.25, 0.3) is 0 Å². The van der Waals surface area contributed by atoms with E-state index in [1.165, 1.54) is 0 Å². The molecule has 1 aromatic rings. The summed E-state index contributed by atoms with van der Waals surface area (Å²) in [5.74, 6) is 0.173. The van der Waals surface area contributed by atoms with Crippen LogP contribution >= 0.6 is 0 Å². The number of hydrogen-bond donors (Lipinski definition) is 1. The molecule has 2 aliphatic rings. The zero-order valence-corrected chi connectivity index (χ0v) is 16.1. The lowest BCUT2D eigenvalue weighted by Crippen LogP contribution is -2.56. The van der Waals surface area contributed by atoms with Crippen LogP contribution < -0.4 is 5.32 Å². The molecule has 1 atom stereocenters. The lowest BCUT2D eigenvalue weighted by molar-refractivity contribution is -0.128. The predicted molar refractivity (Wildman–Crippen MR) is 104 cm³/mol. The summed E-state index contributed by atoms with van der Waals surface area (Å²) in [7, 11) is 0. The van der Waals surface area contributed by atoms with Crippen molar-refractivity contribution in [2.24, 2.45) is 5.92 Å². The van der Waals surface area contributed by atoms with E-state index in [2.05, 4.69) is 16.3 Å². The number of nitriles is 1. The van der Waals surface area contributed by atoms with Crippen LogP contribution in [0.3, 0.4) is 0 Å². The molecule has 1 heterocycles. The topological polar surface area (TPSA) is 73.2 Å². The van der Waals surface area contributed by atoms with Crippen LogP contribution in [0.25, 0.3) is 0 Å². The van der Waals surface area contributed by atoms with Crippen LogP contribution in [0.15, 0.2) is 30.3 Å². The Morgan fingerprint density at radius 2 is 1.78 bits per heavy atom. The van der Waals surface area contributed by atoms with Crippen LogP contribution in [0.4, 0.5) is 0 Å². The summed E-state index contributed by atoms with van der Waals surface area (Å²) >= 11 is 0. The van der Waals surface area contributed by atoms with Crippen molar-refractivity contribution in [3.8, 4) is 6.07 Å². The van der Waals surface area contributed by atoms with Gasteiger partial charge < -0.3 is 5.32 Å². The lowest BCUT2D eigenvalue weighted by atomic mass is 9.82. The summed E-state index contributed by atoms with van der Waals surface area (Å²) in [4.78, 5) is 27.5. The fraction of sp³-hybridized carbons (Fsp3) is 0.591. The fourth-order valence-corrected chi connectivity index (χ4v) is 4.31. The highest BCUT2D eigenvalue weighted by molar-refractivity contribution is 5.97. The molecule has 2 fully saturated rings. The minimum atomic E-state index is -0.689. The van der Waals surface area contributed by atoms with Crippen molar-refractivity contribution in [2.75, 3.05) is 13.1 Å². The molecule has 0 radical (unpaired) electrons. The van der Waals surface area contributed by atoms with Gasteiger partial charge in [-0.25, -0.2) is 0 Å². The van der Waals surface area contributed by atoms with E-state index in [4.69, 9.17) is 0 Å². The van der Waals surface area contributed by atoms with Crippen molar-refractivity contribution in [1.29, 1.82) is 5.26 Å². The van der Waals surface area contributed by atoms with Crippen LogP contribution in [0.2, 0.25) is 0 Å². The van der Waals surface area contributed by atoms with E-state index in [0.29, 0.717) is 0 Å². The van der Waals surface area contributed by atoms with Crippen molar-refractivity contribution in [1.82, 2.24) is 10.2 Å². The number of likely N-dealkylation sites (tertiary alicyclic amines) is 1. The van der Waals surface area contributed by atoms with E-state index in [1.807, 2.05) is 37.3 Å². The predicted octanol–water partition coefficient (Wildman–Crippen LogP) is 3.31. The first kappa shape index (κ1) is 19.6. The molecule has 1 aliphatic carbocycles. The van der Waals surface area contributed by atoms with Gasteiger partial charge in [0.05, 0.1) is 12.1 Å². The molecule has 1 saturated carbocycles. The standard InChI is InChI=1S/C22H29N3O2/c1-17(21(27)24-22(16-23)12-6-3-7-13-22)25-14-10-19(11-15-25)20(26)18-8-4-2-5-9-18/h2,4-5,8-9,17,19H,3,6-7,10-15H2,1H3,(H,24,27). The molecule has 1 saturated heterocycles. The molecule has 27 heavy (non-hydrogen) atoms. The zero-order valence-electron chi connectivity index (χ0n) is 16.1. The largest absolute Gasteiger partial charge is 0.336 e. The lowest BCUT2D eigenvalue weighted by Gasteiger charge is -2.37. The molecular weight excluding hydrogens is 338 g/mol. The average molecular weight is 367 g/mol. The van der Waals surface area contributed by atoms with Crippen molar-refractivity contribution in [2.45, 2.75) is 63.5 Å². The molecule has 0 bridgehead atoms. The first-order valence-electron chi connectivity index (χ1n) is 10.1.